The van der Waals surface area contributed by atoms with Gasteiger partial charge in [0.2, 0.25) is 0 Å². The van der Waals surface area contributed by atoms with Gasteiger partial charge in [-0.2, -0.15) is 5.26 Å². The second-order valence-corrected chi connectivity index (χ2v) is 10.00. The van der Waals surface area contributed by atoms with Crippen LogP contribution in [0.3, 0.4) is 0 Å². The first-order valence-electron chi connectivity index (χ1n) is 13.1. The van der Waals surface area contributed by atoms with Crippen molar-refractivity contribution in [1.82, 2.24) is 14.7 Å². The molecule has 5 heteroatoms. The van der Waals surface area contributed by atoms with E-state index in [1.165, 1.54) is 11.4 Å². The van der Waals surface area contributed by atoms with Crippen molar-refractivity contribution < 1.29 is 4.74 Å². The first kappa shape index (κ1) is 25.1. The van der Waals surface area contributed by atoms with Crippen LogP contribution in [0.2, 0.25) is 0 Å². The highest BCUT2D eigenvalue weighted by Gasteiger charge is 2.36. The highest BCUT2D eigenvalue weighted by molar-refractivity contribution is 5.34. The normalized spacial score (nSPS) is 20.5. The van der Waals surface area contributed by atoms with Crippen LogP contribution in [0.4, 0.5) is 0 Å². The molecule has 0 unspecified atom stereocenters. The van der Waals surface area contributed by atoms with E-state index < -0.39 is 0 Å². The van der Waals surface area contributed by atoms with Gasteiger partial charge in [-0.25, -0.2) is 0 Å². The number of likely N-dealkylation sites (tertiary alicyclic amines) is 1. The van der Waals surface area contributed by atoms with Crippen molar-refractivity contribution in [1.29, 1.82) is 5.26 Å². The second kappa shape index (κ2) is 12.1. The lowest BCUT2D eigenvalue weighted by molar-refractivity contribution is 0.167. The number of piperidine rings is 1. The number of allylic oxidation sites excluding steroid dienone is 5. The van der Waals surface area contributed by atoms with Crippen molar-refractivity contribution in [2.24, 2.45) is 0 Å². The topological polar surface area (TPSA) is 42.7 Å². The van der Waals surface area contributed by atoms with Crippen molar-refractivity contribution in [3.05, 3.63) is 83.9 Å². The molecule has 0 spiro atoms. The van der Waals surface area contributed by atoms with E-state index in [-0.39, 0.29) is 5.41 Å². The lowest BCUT2D eigenvalue weighted by Gasteiger charge is -2.39. The van der Waals surface area contributed by atoms with E-state index in [1.807, 2.05) is 18.2 Å². The number of unbranched alkanes of at least 4 members (excludes halogenated alkanes) is 1. The number of hydrogen-bond donors (Lipinski definition) is 0. The standard InChI is InChI=1S/C30H40N4O/c1-26(33-18-16-30(25-31,17-19-33)27-12-5-3-6-13-27)11-9-10-24-35-29-15-8-4-7-14-28(29)34-22-20-32(2)21-23-34/h3,5-8,12-15H,1,4,9-11,16-24H2,2H3. The molecule has 1 aliphatic carbocycles. The first-order valence-corrected chi connectivity index (χ1v) is 13.1. The van der Waals surface area contributed by atoms with E-state index >= 15 is 0 Å². The van der Waals surface area contributed by atoms with Gasteiger partial charge in [0.25, 0.3) is 0 Å². The summed E-state index contributed by atoms with van der Waals surface area (Å²) in [7, 11) is 2.19. The van der Waals surface area contributed by atoms with Gasteiger partial charge in [0, 0.05) is 45.0 Å². The van der Waals surface area contributed by atoms with Gasteiger partial charge >= 0.3 is 0 Å². The molecular weight excluding hydrogens is 432 g/mol. The maximum atomic E-state index is 9.94. The van der Waals surface area contributed by atoms with Crippen molar-refractivity contribution >= 4 is 0 Å². The highest BCUT2D eigenvalue weighted by atomic mass is 16.5. The molecule has 2 fully saturated rings. The van der Waals surface area contributed by atoms with Gasteiger partial charge in [0.1, 0.15) is 5.76 Å². The molecule has 0 atom stereocenters. The molecule has 0 radical (unpaired) electrons. The fourth-order valence-corrected chi connectivity index (χ4v) is 5.23. The smallest absolute Gasteiger partial charge is 0.142 e. The Hall–Kier alpha value is -2.97. The Morgan fingerprint density at radius 1 is 1.00 bits per heavy atom. The minimum absolute atomic E-state index is 0.359. The number of ether oxygens (including phenoxy) is 1. The second-order valence-electron chi connectivity index (χ2n) is 10.00. The van der Waals surface area contributed by atoms with Gasteiger partial charge < -0.3 is 19.4 Å². The van der Waals surface area contributed by atoms with Crippen LogP contribution in [0.5, 0.6) is 0 Å². The molecule has 2 heterocycles. The minimum Gasteiger partial charge on any atom is -0.491 e. The minimum atomic E-state index is -0.359. The molecule has 0 N–H and O–H groups in total. The number of piperazine rings is 1. The van der Waals surface area contributed by atoms with Crippen LogP contribution in [0.1, 0.15) is 44.1 Å². The molecule has 186 valence electrons. The average Bonchev–Trinajstić information content (AvgIpc) is 3.15. The molecular formula is C30H40N4O. The van der Waals surface area contributed by atoms with E-state index in [9.17, 15) is 5.26 Å². The lowest BCUT2D eigenvalue weighted by atomic mass is 9.74. The Bertz CT molecular complexity index is 971. The van der Waals surface area contributed by atoms with E-state index in [0.717, 1.165) is 95.7 Å². The van der Waals surface area contributed by atoms with Crippen LogP contribution < -0.4 is 0 Å². The number of rotatable bonds is 9. The summed E-state index contributed by atoms with van der Waals surface area (Å²) in [6.45, 7) is 11.2. The molecule has 35 heavy (non-hydrogen) atoms. The van der Waals surface area contributed by atoms with Gasteiger partial charge in [-0.1, -0.05) is 49.1 Å². The Balaban J connectivity index is 1.21. The van der Waals surface area contributed by atoms with Crippen molar-refractivity contribution in [3.8, 4) is 6.07 Å². The molecule has 2 aliphatic heterocycles. The lowest BCUT2D eigenvalue weighted by Crippen LogP contribution is -2.43. The van der Waals surface area contributed by atoms with Crippen LogP contribution in [0.25, 0.3) is 0 Å². The van der Waals surface area contributed by atoms with Crippen LogP contribution >= 0.6 is 0 Å². The molecule has 0 amide bonds. The van der Waals surface area contributed by atoms with Crippen molar-refractivity contribution in [3.63, 3.8) is 0 Å². The van der Waals surface area contributed by atoms with E-state index in [2.05, 4.69) is 70.8 Å². The Labute approximate surface area is 211 Å². The van der Waals surface area contributed by atoms with E-state index in [4.69, 9.17) is 4.74 Å². The van der Waals surface area contributed by atoms with E-state index in [0.29, 0.717) is 0 Å². The van der Waals surface area contributed by atoms with Crippen LogP contribution in [-0.4, -0.2) is 67.6 Å². The molecule has 4 rings (SSSR count). The number of hydrogen-bond acceptors (Lipinski definition) is 5. The molecule has 1 aromatic rings. The predicted molar refractivity (Wildman–Crippen MR) is 142 cm³/mol. The Kier molecular flexibility index (Phi) is 8.71. The van der Waals surface area contributed by atoms with Crippen molar-refractivity contribution in [2.45, 2.75) is 43.9 Å². The van der Waals surface area contributed by atoms with E-state index in [1.54, 1.807) is 0 Å². The summed E-state index contributed by atoms with van der Waals surface area (Å²) in [6, 6.07) is 12.9. The molecule has 1 aromatic carbocycles. The monoisotopic (exact) mass is 472 g/mol. The fraction of sp³-hybridized carbons (Fsp3) is 0.500. The van der Waals surface area contributed by atoms with Gasteiger partial charge in [-0.05, 0) is 63.3 Å². The average molecular weight is 473 g/mol. The molecule has 0 aromatic heterocycles. The molecule has 2 saturated heterocycles. The summed E-state index contributed by atoms with van der Waals surface area (Å²) >= 11 is 0. The quantitative estimate of drug-likeness (QED) is 0.461. The zero-order valence-electron chi connectivity index (χ0n) is 21.3. The maximum absolute atomic E-state index is 9.94. The largest absolute Gasteiger partial charge is 0.491 e. The third-order valence-corrected chi connectivity index (χ3v) is 7.64. The summed E-state index contributed by atoms with van der Waals surface area (Å²) in [5, 5.41) is 9.94. The third kappa shape index (κ3) is 6.38. The molecule has 0 bridgehead atoms. The predicted octanol–water partition coefficient (Wildman–Crippen LogP) is 5.22. The maximum Gasteiger partial charge on any atom is 0.142 e. The number of benzene rings is 1. The number of nitrogens with zero attached hydrogens (tertiary/aromatic N) is 4. The zero-order valence-corrected chi connectivity index (χ0v) is 21.3. The highest BCUT2D eigenvalue weighted by Crippen LogP contribution is 2.36. The number of likely N-dealkylation sites (N-methyl/N-ethyl adjacent to an activating group) is 1. The van der Waals surface area contributed by atoms with Gasteiger partial charge in [0.15, 0.2) is 0 Å². The summed E-state index contributed by atoms with van der Waals surface area (Å²) in [5.74, 6) is 1.01. The number of nitriles is 1. The third-order valence-electron chi connectivity index (χ3n) is 7.64. The fourth-order valence-electron chi connectivity index (χ4n) is 5.23. The molecule has 3 aliphatic rings. The SMILES string of the molecule is C=C(CCCCOC1=C(N2CCN(C)CC2)C=CCC=C1)N1CCC(C#N)(c2ccccc2)CC1. The molecule has 5 nitrogen and oxygen atoms in total. The van der Waals surface area contributed by atoms with Crippen LogP contribution in [0, 0.1) is 11.3 Å². The molecule has 0 saturated carbocycles. The zero-order chi connectivity index (χ0) is 24.5. The van der Waals surface area contributed by atoms with Crippen molar-refractivity contribution in [2.75, 3.05) is 52.9 Å². The Morgan fingerprint density at radius 2 is 1.71 bits per heavy atom. The van der Waals surface area contributed by atoms with Crippen LogP contribution in [0.15, 0.2) is 78.4 Å². The Morgan fingerprint density at radius 3 is 2.43 bits per heavy atom. The van der Waals surface area contributed by atoms with Gasteiger partial charge in [0.05, 0.1) is 23.8 Å². The van der Waals surface area contributed by atoms with Gasteiger partial charge in [-0.15, -0.1) is 0 Å². The van der Waals surface area contributed by atoms with Gasteiger partial charge in [-0.3, -0.25) is 0 Å². The summed E-state index contributed by atoms with van der Waals surface area (Å²) in [5.41, 5.74) is 3.21. The van der Waals surface area contributed by atoms with Crippen LogP contribution in [-0.2, 0) is 10.2 Å². The summed E-state index contributed by atoms with van der Waals surface area (Å²) < 4.78 is 6.28. The summed E-state index contributed by atoms with van der Waals surface area (Å²) in [4.78, 5) is 7.22. The first-order chi connectivity index (χ1) is 17.1. The summed E-state index contributed by atoms with van der Waals surface area (Å²) in [6.07, 6.45) is 14.5.